The molecule has 6 heteroatoms. The second-order valence-electron chi connectivity index (χ2n) is 5.52. The van der Waals surface area contributed by atoms with Gasteiger partial charge in [-0.15, -0.1) is 0 Å². The van der Waals surface area contributed by atoms with Gasteiger partial charge in [0, 0.05) is 6.54 Å². The van der Waals surface area contributed by atoms with Crippen molar-refractivity contribution >= 4 is 12.0 Å². The lowest BCUT2D eigenvalue weighted by atomic mass is 9.85. The van der Waals surface area contributed by atoms with Crippen molar-refractivity contribution in [1.29, 1.82) is 0 Å². The van der Waals surface area contributed by atoms with Crippen LogP contribution in [-0.4, -0.2) is 30.1 Å². The highest BCUT2D eigenvalue weighted by Gasteiger charge is 2.36. The smallest absolute Gasteiger partial charge is 0.315 e. The number of likely N-dealkylation sites (tertiary alicyclic amines) is 1. The predicted molar refractivity (Wildman–Crippen MR) is 79.5 cm³/mol. The summed E-state index contributed by atoms with van der Waals surface area (Å²) in [5.41, 5.74) is 7.00. The van der Waals surface area contributed by atoms with Gasteiger partial charge in [-0.1, -0.05) is 6.07 Å². The van der Waals surface area contributed by atoms with E-state index in [1.165, 1.54) is 17.0 Å². The molecule has 2 N–H and O–H groups in total. The number of urea groups is 1. The van der Waals surface area contributed by atoms with Gasteiger partial charge >= 0.3 is 12.0 Å². The van der Waals surface area contributed by atoms with Crippen LogP contribution in [0, 0.1) is 18.7 Å². The van der Waals surface area contributed by atoms with Gasteiger partial charge in [-0.3, -0.25) is 4.79 Å². The van der Waals surface area contributed by atoms with Crippen molar-refractivity contribution in [3.63, 3.8) is 0 Å². The fourth-order valence-corrected chi connectivity index (χ4v) is 3.01. The molecule has 0 saturated carbocycles. The zero-order valence-electron chi connectivity index (χ0n) is 12.8. The molecule has 0 spiro atoms. The number of esters is 1. The van der Waals surface area contributed by atoms with Crippen molar-refractivity contribution < 1.29 is 18.7 Å². The number of carbonyl (C=O) groups excluding carboxylic acids is 2. The van der Waals surface area contributed by atoms with Crippen LogP contribution in [-0.2, 0) is 9.53 Å². The predicted octanol–water partition coefficient (Wildman–Crippen LogP) is 2.53. The minimum Gasteiger partial charge on any atom is -0.466 e. The molecule has 2 unspecified atom stereocenters. The van der Waals surface area contributed by atoms with Crippen LogP contribution in [0.2, 0.25) is 0 Å². The highest BCUT2D eigenvalue weighted by atomic mass is 19.1. The number of primary amides is 1. The average molecular weight is 308 g/mol. The van der Waals surface area contributed by atoms with Gasteiger partial charge in [0.05, 0.1) is 18.6 Å². The summed E-state index contributed by atoms with van der Waals surface area (Å²) < 4.78 is 18.4. The molecular weight excluding hydrogens is 287 g/mol. The van der Waals surface area contributed by atoms with Crippen LogP contribution in [0.15, 0.2) is 18.2 Å². The fourth-order valence-electron chi connectivity index (χ4n) is 3.01. The Balaban J connectivity index is 2.29. The lowest BCUT2D eigenvalue weighted by molar-refractivity contribution is -0.150. The summed E-state index contributed by atoms with van der Waals surface area (Å²) in [6, 6.07) is 3.56. The van der Waals surface area contributed by atoms with Crippen LogP contribution in [0.25, 0.3) is 0 Å². The van der Waals surface area contributed by atoms with Gasteiger partial charge in [-0.25, -0.2) is 9.18 Å². The van der Waals surface area contributed by atoms with Crippen LogP contribution >= 0.6 is 0 Å². The fraction of sp³-hybridized carbons (Fsp3) is 0.500. The lowest BCUT2D eigenvalue weighted by Gasteiger charge is -2.38. The number of halogens is 1. The number of aryl methyl sites for hydroxylation is 1. The van der Waals surface area contributed by atoms with Crippen molar-refractivity contribution in [3.8, 4) is 0 Å². The van der Waals surface area contributed by atoms with E-state index in [9.17, 15) is 14.0 Å². The van der Waals surface area contributed by atoms with Crippen molar-refractivity contribution in [1.82, 2.24) is 4.90 Å². The van der Waals surface area contributed by atoms with E-state index < -0.39 is 6.03 Å². The molecule has 22 heavy (non-hydrogen) atoms. The first-order chi connectivity index (χ1) is 10.4. The summed E-state index contributed by atoms with van der Waals surface area (Å²) >= 11 is 0. The first kappa shape index (κ1) is 16.3. The van der Waals surface area contributed by atoms with Crippen LogP contribution in [0.4, 0.5) is 9.18 Å². The van der Waals surface area contributed by atoms with E-state index in [0.29, 0.717) is 26.0 Å². The van der Waals surface area contributed by atoms with Crippen molar-refractivity contribution in [2.45, 2.75) is 32.7 Å². The molecule has 1 fully saturated rings. The van der Waals surface area contributed by atoms with Crippen molar-refractivity contribution in [3.05, 3.63) is 35.1 Å². The van der Waals surface area contributed by atoms with Crippen molar-refractivity contribution in [2.24, 2.45) is 11.7 Å². The largest absolute Gasteiger partial charge is 0.466 e. The number of rotatable bonds is 3. The van der Waals surface area contributed by atoms with Gasteiger partial charge in [-0.05, 0) is 49.9 Å². The van der Waals surface area contributed by atoms with E-state index in [1.807, 2.05) is 0 Å². The van der Waals surface area contributed by atoms with E-state index >= 15 is 0 Å². The minimum atomic E-state index is -0.531. The summed E-state index contributed by atoms with van der Waals surface area (Å²) in [4.78, 5) is 25.2. The van der Waals surface area contributed by atoms with Crippen LogP contribution in [0.5, 0.6) is 0 Å². The third-order valence-electron chi connectivity index (χ3n) is 4.10. The molecule has 2 amide bonds. The number of piperidine rings is 1. The highest BCUT2D eigenvalue weighted by Crippen LogP contribution is 2.36. The summed E-state index contributed by atoms with van der Waals surface area (Å²) in [6.45, 7) is 4.26. The molecule has 1 aliphatic heterocycles. The Morgan fingerprint density at radius 3 is 2.77 bits per heavy atom. The van der Waals surface area contributed by atoms with E-state index in [-0.39, 0.29) is 23.7 Å². The first-order valence-electron chi connectivity index (χ1n) is 7.42. The maximum atomic E-state index is 13.3. The number of benzene rings is 1. The number of hydrogen-bond donors (Lipinski definition) is 1. The third-order valence-corrected chi connectivity index (χ3v) is 4.10. The van der Waals surface area contributed by atoms with E-state index in [4.69, 9.17) is 10.5 Å². The number of carbonyl (C=O) groups is 2. The van der Waals surface area contributed by atoms with Gasteiger partial charge in [0.25, 0.3) is 0 Å². The van der Waals surface area contributed by atoms with Gasteiger partial charge in [0.2, 0.25) is 0 Å². The minimum absolute atomic E-state index is 0.253. The molecule has 0 aliphatic carbocycles. The summed E-state index contributed by atoms with van der Waals surface area (Å²) in [6.07, 6.45) is 0.965. The molecule has 2 rings (SSSR count). The maximum Gasteiger partial charge on any atom is 0.315 e. The molecule has 1 heterocycles. The normalized spacial score (nSPS) is 21.5. The third kappa shape index (κ3) is 3.37. The zero-order valence-corrected chi connectivity index (χ0v) is 12.8. The molecule has 0 bridgehead atoms. The van der Waals surface area contributed by atoms with Crippen LogP contribution in [0.3, 0.4) is 0 Å². The summed E-state index contributed by atoms with van der Waals surface area (Å²) in [7, 11) is 0. The first-order valence-corrected chi connectivity index (χ1v) is 7.42. The van der Waals surface area contributed by atoms with E-state index in [0.717, 1.165) is 11.1 Å². The standard InChI is InChI=1S/C16H21FN2O3/c1-3-22-15(20)11-6-7-19(16(18)21)14(9-11)13-5-4-12(17)8-10(13)2/h4-5,8,11,14H,3,6-7,9H2,1-2H3,(H2,18,21). The lowest BCUT2D eigenvalue weighted by Crippen LogP contribution is -2.45. The van der Waals surface area contributed by atoms with Gasteiger partial charge < -0.3 is 15.4 Å². The van der Waals surface area contributed by atoms with Crippen molar-refractivity contribution in [2.75, 3.05) is 13.2 Å². The van der Waals surface area contributed by atoms with Gasteiger partial charge in [0.1, 0.15) is 5.82 Å². The van der Waals surface area contributed by atoms with E-state index in [2.05, 4.69) is 0 Å². The van der Waals surface area contributed by atoms with E-state index in [1.54, 1.807) is 19.9 Å². The molecular formula is C16H21FN2O3. The Bertz CT molecular complexity index is 577. The number of ether oxygens (including phenoxy) is 1. The number of amides is 2. The molecule has 120 valence electrons. The molecule has 1 saturated heterocycles. The highest BCUT2D eigenvalue weighted by molar-refractivity contribution is 5.75. The molecule has 0 radical (unpaired) electrons. The van der Waals surface area contributed by atoms with Gasteiger partial charge in [-0.2, -0.15) is 0 Å². The Morgan fingerprint density at radius 1 is 1.45 bits per heavy atom. The molecule has 5 nitrogen and oxygen atoms in total. The molecule has 0 aromatic heterocycles. The van der Waals surface area contributed by atoms with Crippen LogP contribution in [0.1, 0.15) is 36.9 Å². The second kappa shape index (κ2) is 6.77. The Kier molecular flexibility index (Phi) is 5.00. The Morgan fingerprint density at radius 2 is 2.18 bits per heavy atom. The maximum absolute atomic E-state index is 13.3. The number of nitrogens with zero attached hydrogens (tertiary/aromatic N) is 1. The zero-order chi connectivity index (χ0) is 16.3. The summed E-state index contributed by atoms with van der Waals surface area (Å²) in [5.74, 6) is -0.856. The monoisotopic (exact) mass is 308 g/mol. The molecule has 1 aliphatic rings. The summed E-state index contributed by atoms with van der Waals surface area (Å²) in [5, 5.41) is 0. The quantitative estimate of drug-likeness (QED) is 0.872. The molecule has 1 aromatic carbocycles. The SMILES string of the molecule is CCOC(=O)C1CCN(C(N)=O)C(c2ccc(F)cc2C)C1. The number of hydrogen-bond acceptors (Lipinski definition) is 3. The van der Waals surface area contributed by atoms with Gasteiger partial charge in [0.15, 0.2) is 0 Å². The topological polar surface area (TPSA) is 72.6 Å². The average Bonchev–Trinajstić information content (AvgIpc) is 2.46. The molecule has 1 aromatic rings. The Labute approximate surface area is 129 Å². The van der Waals surface area contributed by atoms with Crippen LogP contribution < -0.4 is 5.73 Å². The Hall–Kier alpha value is -2.11. The number of nitrogens with two attached hydrogens (primary N) is 1. The second-order valence-corrected chi connectivity index (χ2v) is 5.52. The molecule has 2 atom stereocenters.